The van der Waals surface area contributed by atoms with Crippen molar-refractivity contribution in [2.45, 2.75) is 33.4 Å². The zero-order valence-electron chi connectivity index (χ0n) is 18.9. The number of hydrogen-bond acceptors (Lipinski definition) is 6. The van der Waals surface area contributed by atoms with Gasteiger partial charge in [0.2, 0.25) is 11.6 Å². The molecule has 9 heteroatoms. The van der Waals surface area contributed by atoms with Crippen LogP contribution in [0.5, 0.6) is 23.1 Å². The summed E-state index contributed by atoms with van der Waals surface area (Å²) in [7, 11) is 4.79. The van der Waals surface area contributed by atoms with E-state index in [0.29, 0.717) is 48.8 Å². The molecule has 31 heavy (non-hydrogen) atoms. The first kappa shape index (κ1) is 26.6. The zero-order chi connectivity index (χ0) is 21.8. The molecule has 8 nitrogen and oxygen atoms in total. The van der Waals surface area contributed by atoms with Gasteiger partial charge in [-0.15, -0.1) is 24.0 Å². The van der Waals surface area contributed by atoms with Gasteiger partial charge < -0.3 is 29.6 Å². The number of ether oxygens (including phenoxy) is 4. The molecule has 0 saturated carbocycles. The van der Waals surface area contributed by atoms with Crippen LogP contribution in [0.3, 0.4) is 0 Å². The summed E-state index contributed by atoms with van der Waals surface area (Å²) in [6.07, 6.45) is 2.76. The van der Waals surface area contributed by atoms with Gasteiger partial charge in [0.15, 0.2) is 17.5 Å². The minimum Gasteiger partial charge on any atom is -0.493 e. The molecule has 1 aromatic carbocycles. The van der Waals surface area contributed by atoms with E-state index in [-0.39, 0.29) is 24.0 Å². The van der Waals surface area contributed by atoms with E-state index in [1.54, 1.807) is 27.5 Å². The Labute approximate surface area is 201 Å². The number of aromatic nitrogens is 1. The van der Waals surface area contributed by atoms with Crippen LogP contribution in [0.15, 0.2) is 35.5 Å². The Kier molecular flexibility index (Phi) is 12.5. The Morgan fingerprint density at radius 1 is 0.968 bits per heavy atom. The lowest BCUT2D eigenvalue weighted by Gasteiger charge is -2.14. The normalized spacial score (nSPS) is 10.7. The first-order chi connectivity index (χ1) is 14.6. The maximum absolute atomic E-state index is 5.52. The highest BCUT2D eigenvalue weighted by molar-refractivity contribution is 14.0. The molecule has 0 saturated heterocycles. The van der Waals surface area contributed by atoms with E-state index in [0.717, 1.165) is 24.1 Å². The summed E-state index contributed by atoms with van der Waals surface area (Å²) in [4.78, 5) is 8.99. The van der Waals surface area contributed by atoms with Crippen molar-refractivity contribution in [1.29, 1.82) is 0 Å². The van der Waals surface area contributed by atoms with Crippen LogP contribution < -0.4 is 29.6 Å². The average molecular weight is 544 g/mol. The molecule has 0 atom stereocenters. The maximum atomic E-state index is 5.52. The maximum Gasteiger partial charge on any atom is 0.213 e. The summed E-state index contributed by atoms with van der Waals surface area (Å²) < 4.78 is 21.7. The average Bonchev–Trinajstić information content (AvgIpc) is 2.79. The van der Waals surface area contributed by atoms with Crippen molar-refractivity contribution in [2.75, 3.05) is 34.5 Å². The van der Waals surface area contributed by atoms with Gasteiger partial charge in [-0.05, 0) is 36.6 Å². The van der Waals surface area contributed by atoms with Gasteiger partial charge in [0.1, 0.15) is 0 Å². The summed E-state index contributed by atoms with van der Waals surface area (Å²) in [5, 5.41) is 6.57. The molecular weight excluding hydrogens is 511 g/mol. The van der Waals surface area contributed by atoms with Gasteiger partial charge in [-0.1, -0.05) is 13.0 Å². The molecular formula is C22H33IN4O4. The number of benzene rings is 1. The number of nitrogens with one attached hydrogen (secondary N) is 2. The Hall–Kier alpha value is -2.43. The van der Waals surface area contributed by atoms with Gasteiger partial charge in [-0.2, -0.15) is 0 Å². The standard InChI is InChI=1S/C22H32N4O4.HI/c1-6-10-30-20-9-8-16(13-24-20)14-25-22(23-7-2)26-15-17-11-18(27-3)21(29-5)19(12-17)28-4;/h8-9,11-13H,6-7,10,14-15H2,1-5H3,(H2,23,25,26);1H. The highest BCUT2D eigenvalue weighted by Crippen LogP contribution is 2.38. The molecule has 0 aliphatic rings. The van der Waals surface area contributed by atoms with Crippen molar-refractivity contribution in [2.24, 2.45) is 4.99 Å². The van der Waals surface area contributed by atoms with Crippen molar-refractivity contribution in [1.82, 2.24) is 15.6 Å². The van der Waals surface area contributed by atoms with Crippen molar-refractivity contribution in [3.8, 4) is 23.1 Å². The van der Waals surface area contributed by atoms with Crippen LogP contribution >= 0.6 is 24.0 Å². The van der Waals surface area contributed by atoms with E-state index in [1.165, 1.54) is 0 Å². The SMILES string of the molecule is CCCOc1ccc(CNC(=NCc2cc(OC)c(OC)c(OC)c2)NCC)cn1.I. The molecule has 2 N–H and O–H groups in total. The first-order valence-corrected chi connectivity index (χ1v) is 10.0. The largest absolute Gasteiger partial charge is 0.493 e. The highest BCUT2D eigenvalue weighted by atomic mass is 127. The van der Waals surface area contributed by atoms with Crippen LogP contribution in [0, 0.1) is 0 Å². The van der Waals surface area contributed by atoms with Crippen molar-refractivity contribution in [3.05, 3.63) is 41.6 Å². The molecule has 2 rings (SSSR count). The van der Waals surface area contributed by atoms with Crippen LogP contribution in [-0.4, -0.2) is 45.4 Å². The van der Waals surface area contributed by atoms with Crippen molar-refractivity contribution < 1.29 is 18.9 Å². The van der Waals surface area contributed by atoms with Gasteiger partial charge in [0.05, 0.1) is 34.5 Å². The molecule has 0 spiro atoms. The fraction of sp³-hybridized carbons (Fsp3) is 0.455. The second-order valence-electron chi connectivity index (χ2n) is 6.44. The van der Waals surface area contributed by atoms with Crippen LogP contribution in [0.25, 0.3) is 0 Å². The summed E-state index contributed by atoms with van der Waals surface area (Å²) in [5.41, 5.74) is 1.98. The van der Waals surface area contributed by atoms with E-state index >= 15 is 0 Å². The topological polar surface area (TPSA) is 86.2 Å². The van der Waals surface area contributed by atoms with Gasteiger partial charge in [-0.3, -0.25) is 0 Å². The summed E-state index contributed by atoms with van der Waals surface area (Å²) in [6.45, 7) is 6.57. The Morgan fingerprint density at radius 3 is 2.19 bits per heavy atom. The lowest BCUT2D eigenvalue weighted by molar-refractivity contribution is 0.305. The molecule has 0 unspecified atom stereocenters. The number of halogens is 1. The van der Waals surface area contributed by atoms with Crippen LogP contribution in [-0.2, 0) is 13.1 Å². The molecule has 1 aromatic heterocycles. The first-order valence-electron chi connectivity index (χ1n) is 10.0. The minimum atomic E-state index is 0. The molecule has 0 aliphatic heterocycles. The van der Waals surface area contributed by atoms with Crippen molar-refractivity contribution >= 4 is 29.9 Å². The summed E-state index contributed by atoms with van der Waals surface area (Å²) in [6, 6.07) is 7.67. The molecule has 0 aliphatic carbocycles. The second kappa shape index (κ2) is 14.6. The Bertz CT molecular complexity index is 791. The van der Waals surface area contributed by atoms with Crippen LogP contribution in [0.1, 0.15) is 31.4 Å². The van der Waals surface area contributed by atoms with Gasteiger partial charge in [0, 0.05) is 25.4 Å². The number of nitrogens with zero attached hydrogens (tertiary/aromatic N) is 2. The fourth-order valence-electron chi connectivity index (χ4n) is 2.73. The van der Waals surface area contributed by atoms with Crippen LogP contribution in [0.2, 0.25) is 0 Å². The molecule has 0 fully saturated rings. The molecule has 0 radical (unpaired) electrons. The lowest BCUT2D eigenvalue weighted by Crippen LogP contribution is -2.36. The van der Waals surface area contributed by atoms with E-state index in [9.17, 15) is 0 Å². The van der Waals surface area contributed by atoms with Gasteiger partial charge >= 0.3 is 0 Å². The van der Waals surface area contributed by atoms with E-state index < -0.39 is 0 Å². The van der Waals surface area contributed by atoms with E-state index in [4.69, 9.17) is 18.9 Å². The van der Waals surface area contributed by atoms with Crippen molar-refractivity contribution in [3.63, 3.8) is 0 Å². The molecule has 172 valence electrons. The Morgan fingerprint density at radius 2 is 1.68 bits per heavy atom. The minimum absolute atomic E-state index is 0. The molecule has 0 bridgehead atoms. The number of hydrogen-bond donors (Lipinski definition) is 2. The highest BCUT2D eigenvalue weighted by Gasteiger charge is 2.13. The third kappa shape index (κ3) is 8.31. The quantitative estimate of drug-likeness (QED) is 0.253. The third-order valence-electron chi connectivity index (χ3n) is 4.20. The predicted molar refractivity (Wildman–Crippen MR) is 133 cm³/mol. The Balaban J connectivity index is 0.00000480. The fourth-order valence-corrected chi connectivity index (χ4v) is 2.73. The van der Waals surface area contributed by atoms with Gasteiger partial charge in [0.25, 0.3) is 0 Å². The molecule has 0 amide bonds. The number of aliphatic imine (C=N–C) groups is 1. The molecule has 1 heterocycles. The smallest absolute Gasteiger partial charge is 0.213 e. The number of rotatable bonds is 11. The second-order valence-corrected chi connectivity index (χ2v) is 6.44. The number of guanidine groups is 1. The monoisotopic (exact) mass is 544 g/mol. The third-order valence-corrected chi connectivity index (χ3v) is 4.20. The summed E-state index contributed by atoms with van der Waals surface area (Å²) >= 11 is 0. The lowest BCUT2D eigenvalue weighted by atomic mass is 10.2. The molecule has 2 aromatic rings. The van der Waals surface area contributed by atoms with Gasteiger partial charge in [-0.25, -0.2) is 9.98 Å². The van der Waals surface area contributed by atoms with Crippen LogP contribution in [0.4, 0.5) is 0 Å². The summed E-state index contributed by atoms with van der Waals surface area (Å²) in [5.74, 6) is 3.13. The number of methoxy groups -OCH3 is 3. The predicted octanol–water partition coefficient (Wildman–Crippen LogP) is 3.77. The van der Waals surface area contributed by atoms with E-state index in [2.05, 4.69) is 27.5 Å². The zero-order valence-corrected chi connectivity index (χ0v) is 21.2. The van der Waals surface area contributed by atoms with E-state index in [1.807, 2.05) is 31.2 Å². The number of pyridine rings is 1.